The summed E-state index contributed by atoms with van der Waals surface area (Å²) in [4.78, 5) is 34.6. The van der Waals surface area contributed by atoms with Crippen molar-refractivity contribution in [2.24, 2.45) is 0 Å². The molecule has 6 rings (SSSR count). The Morgan fingerprint density at radius 2 is 1.63 bits per heavy atom. The lowest BCUT2D eigenvalue weighted by atomic mass is 10.0. The number of ketones is 1. The zero-order valence-electron chi connectivity index (χ0n) is 25.9. The fourth-order valence-corrected chi connectivity index (χ4v) is 7.26. The quantitative estimate of drug-likeness (QED) is 0.0974. The number of benzene rings is 4. The number of rotatable bonds is 10. The van der Waals surface area contributed by atoms with E-state index in [2.05, 4.69) is 28.9 Å². The zero-order valence-corrected chi connectivity index (χ0v) is 27.5. The molecule has 0 radical (unpaired) electrons. The highest BCUT2D eigenvalue weighted by atomic mass is 35.5. The van der Waals surface area contributed by atoms with Gasteiger partial charge in [-0.2, -0.15) is 0 Å². The molecule has 2 heterocycles. The van der Waals surface area contributed by atoms with Crippen LogP contribution >= 0.6 is 23.4 Å². The third-order valence-electron chi connectivity index (χ3n) is 8.66. The normalized spacial score (nSPS) is 16.2. The zero-order chi connectivity index (χ0) is 32.0. The van der Waals surface area contributed by atoms with E-state index in [1.54, 1.807) is 23.1 Å². The highest BCUT2D eigenvalue weighted by Crippen LogP contribution is 2.42. The minimum atomic E-state index is -0.334. The van der Waals surface area contributed by atoms with Gasteiger partial charge in [-0.3, -0.25) is 14.5 Å². The maximum Gasteiger partial charge on any atom is 0.265 e. The molecule has 0 aromatic heterocycles. The average Bonchev–Trinajstić information content (AvgIpc) is 3.07. The molecule has 0 unspecified atom stereocenters. The van der Waals surface area contributed by atoms with Crippen molar-refractivity contribution in [2.75, 3.05) is 42.5 Å². The van der Waals surface area contributed by atoms with Crippen LogP contribution in [0, 0.1) is 12.7 Å². The first kappa shape index (κ1) is 32.0. The Hall–Kier alpha value is -3.91. The Balaban J connectivity index is 1.01. The molecule has 46 heavy (non-hydrogen) atoms. The number of piperazine rings is 1. The molecule has 0 atom stereocenters. The van der Waals surface area contributed by atoms with E-state index >= 15 is 0 Å². The summed E-state index contributed by atoms with van der Waals surface area (Å²) >= 11 is 7.64. The Bertz CT molecular complexity index is 1750. The summed E-state index contributed by atoms with van der Waals surface area (Å²) in [6, 6.07) is 27.7. The van der Waals surface area contributed by atoms with Gasteiger partial charge in [0.05, 0.1) is 17.1 Å². The Kier molecular flexibility index (Phi) is 10.2. The average molecular weight is 654 g/mol. The van der Waals surface area contributed by atoms with E-state index in [4.69, 9.17) is 11.6 Å². The standard InChI is InChI=1S/C38H37ClFN3O2S/c1-27-13-18-31(39)25-34(27)42-22-20-41(21-23-42)19-7-6-11-35(44)29-16-14-28(15-17-29)24-37-38(45)43(26-30-8-2-3-9-32(30)40)33-10-4-5-12-36(33)46-37/h2-5,8-10,12-18,24-25H,6-7,11,19-23,26H2,1H3/b37-24+. The maximum absolute atomic E-state index is 14.5. The number of anilines is 2. The fraction of sp³-hybridized carbons (Fsp3) is 0.263. The van der Waals surface area contributed by atoms with Crippen LogP contribution in [-0.4, -0.2) is 49.3 Å². The maximum atomic E-state index is 14.5. The Morgan fingerprint density at radius 3 is 2.41 bits per heavy atom. The van der Waals surface area contributed by atoms with Crippen LogP contribution in [0.15, 0.2) is 101 Å². The summed E-state index contributed by atoms with van der Waals surface area (Å²) in [5, 5.41) is 0.772. The Labute approximate surface area is 279 Å². The molecule has 0 spiro atoms. The number of fused-ring (bicyclic) bond motifs is 1. The van der Waals surface area contributed by atoms with Crippen LogP contribution in [0.3, 0.4) is 0 Å². The number of carbonyl (C=O) groups excluding carboxylic acids is 2. The highest BCUT2D eigenvalue weighted by molar-refractivity contribution is 8.04. The number of unbranched alkanes of at least 4 members (excludes halogenated alkanes) is 1. The summed E-state index contributed by atoms with van der Waals surface area (Å²) in [6.45, 7) is 7.22. The van der Waals surface area contributed by atoms with Gasteiger partial charge in [0.2, 0.25) is 0 Å². The molecule has 0 saturated carbocycles. The molecule has 5 nitrogen and oxygen atoms in total. The van der Waals surface area contributed by atoms with Crippen LogP contribution in [0.1, 0.15) is 46.3 Å². The lowest BCUT2D eigenvalue weighted by molar-refractivity contribution is -0.114. The third kappa shape index (κ3) is 7.55. The fourth-order valence-electron chi connectivity index (χ4n) is 6.03. The first-order chi connectivity index (χ1) is 22.4. The van der Waals surface area contributed by atoms with Crippen LogP contribution in [0.25, 0.3) is 6.08 Å². The van der Waals surface area contributed by atoms with Gasteiger partial charge in [0, 0.05) is 59.3 Å². The van der Waals surface area contributed by atoms with Crippen molar-refractivity contribution in [3.05, 3.63) is 129 Å². The predicted molar refractivity (Wildman–Crippen MR) is 187 cm³/mol. The van der Waals surface area contributed by atoms with Crippen LogP contribution in [-0.2, 0) is 11.3 Å². The van der Waals surface area contributed by atoms with E-state index in [-0.39, 0.29) is 24.1 Å². The predicted octanol–water partition coefficient (Wildman–Crippen LogP) is 8.64. The number of hydrogen-bond acceptors (Lipinski definition) is 5. The smallest absolute Gasteiger partial charge is 0.265 e. The van der Waals surface area contributed by atoms with E-state index in [0.717, 1.165) is 66.7 Å². The van der Waals surface area contributed by atoms with Crippen LogP contribution < -0.4 is 9.80 Å². The summed E-state index contributed by atoms with van der Waals surface area (Å²) in [6.07, 6.45) is 4.19. The molecule has 0 aliphatic carbocycles. The van der Waals surface area contributed by atoms with E-state index < -0.39 is 0 Å². The first-order valence-electron chi connectivity index (χ1n) is 15.8. The van der Waals surface area contributed by atoms with Gasteiger partial charge in [0.25, 0.3) is 5.91 Å². The monoisotopic (exact) mass is 653 g/mol. The first-order valence-corrected chi connectivity index (χ1v) is 17.0. The van der Waals surface area contributed by atoms with Crippen molar-refractivity contribution in [2.45, 2.75) is 37.6 Å². The molecule has 1 saturated heterocycles. The molecule has 1 amide bonds. The number of hydrogen-bond donors (Lipinski definition) is 0. The summed E-state index contributed by atoms with van der Waals surface area (Å²) in [7, 11) is 0. The topological polar surface area (TPSA) is 43.9 Å². The Morgan fingerprint density at radius 1 is 0.891 bits per heavy atom. The van der Waals surface area contributed by atoms with Crippen molar-refractivity contribution in [1.82, 2.24) is 4.90 Å². The molecule has 1 fully saturated rings. The summed E-state index contributed by atoms with van der Waals surface area (Å²) < 4.78 is 14.5. The molecule has 0 N–H and O–H groups in total. The van der Waals surface area contributed by atoms with Crippen molar-refractivity contribution in [3.8, 4) is 0 Å². The van der Waals surface area contributed by atoms with Gasteiger partial charge in [-0.05, 0) is 73.8 Å². The van der Waals surface area contributed by atoms with Crippen molar-refractivity contribution < 1.29 is 14.0 Å². The molecule has 2 aliphatic heterocycles. The van der Waals surface area contributed by atoms with Crippen LogP contribution in [0.5, 0.6) is 0 Å². The van der Waals surface area contributed by atoms with Gasteiger partial charge in [-0.15, -0.1) is 0 Å². The molecular formula is C38H37ClFN3O2S. The molecule has 236 valence electrons. The van der Waals surface area contributed by atoms with Gasteiger partial charge in [0.15, 0.2) is 5.78 Å². The molecular weight excluding hydrogens is 617 g/mol. The second-order valence-corrected chi connectivity index (χ2v) is 13.3. The van der Waals surface area contributed by atoms with Crippen LogP contribution in [0.2, 0.25) is 5.02 Å². The van der Waals surface area contributed by atoms with E-state index in [1.807, 2.05) is 60.7 Å². The SMILES string of the molecule is Cc1ccc(Cl)cc1N1CCN(CCCCC(=O)c2ccc(/C=C3/Sc4ccccc4N(Cc4ccccc4F)C3=O)cc2)CC1. The third-order valence-corrected chi connectivity index (χ3v) is 9.97. The van der Waals surface area contributed by atoms with Crippen LogP contribution in [0.4, 0.5) is 15.8 Å². The molecule has 0 bridgehead atoms. The molecule has 4 aromatic rings. The second-order valence-electron chi connectivity index (χ2n) is 11.8. The second kappa shape index (κ2) is 14.7. The number of thioether (sulfide) groups is 1. The summed E-state index contributed by atoms with van der Waals surface area (Å²) in [5.41, 5.74) is 5.22. The number of amides is 1. The van der Waals surface area contributed by atoms with Gasteiger partial charge < -0.3 is 9.80 Å². The number of aryl methyl sites for hydroxylation is 1. The number of carbonyl (C=O) groups is 2. The van der Waals surface area contributed by atoms with Crippen molar-refractivity contribution in [1.29, 1.82) is 0 Å². The summed E-state index contributed by atoms with van der Waals surface area (Å²) in [5.74, 6) is -0.374. The molecule has 4 aromatic carbocycles. The lowest BCUT2D eigenvalue weighted by Gasteiger charge is -2.37. The van der Waals surface area contributed by atoms with Gasteiger partial charge in [0.1, 0.15) is 5.82 Å². The molecule has 8 heteroatoms. The number of halogens is 2. The van der Waals surface area contributed by atoms with E-state index in [9.17, 15) is 14.0 Å². The number of Topliss-reactive ketones (excluding diaryl/α,β-unsaturated/α-hetero) is 1. The van der Waals surface area contributed by atoms with Crippen molar-refractivity contribution in [3.63, 3.8) is 0 Å². The van der Waals surface area contributed by atoms with E-state index in [0.29, 0.717) is 22.5 Å². The van der Waals surface area contributed by atoms with E-state index in [1.165, 1.54) is 29.1 Å². The van der Waals surface area contributed by atoms with Crippen molar-refractivity contribution >= 4 is 52.5 Å². The van der Waals surface area contributed by atoms with Gasteiger partial charge in [-0.25, -0.2) is 4.39 Å². The van der Waals surface area contributed by atoms with Gasteiger partial charge >= 0.3 is 0 Å². The minimum Gasteiger partial charge on any atom is -0.369 e. The van der Waals surface area contributed by atoms with Gasteiger partial charge in [-0.1, -0.05) is 84.0 Å². The number of para-hydroxylation sites is 1. The minimum absolute atomic E-state index is 0.133. The number of nitrogens with zero attached hydrogens (tertiary/aromatic N) is 3. The molecule has 2 aliphatic rings. The largest absolute Gasteiger partial charge is 0.369 e. The highest BCUT2D eigenvalue weighted by Gasteiger charge is 2.29. The lowest BCUT2D eigenvalue weighted by Crippen LogP contribution is -2.46.